The highest BCUT2D eigenvalue weighted by atomic mass is 16.5. The lowest BCUT2D eigenvalue weighted by atomic mass is 10.2. The molecule has 0 spiro atoms. The number of hydrogen-bond donors (Lipinski definition) is 1. The third-order valence-electron chi connectivity index (χ3n) is 3.57. The summed E-state index contributed by atoms with van der Waals surface area (Å²) < 4.78 is 5.75. The summed E-state index contributed by atoms with van der Waals surface area (Å²) in [7, 11) is 0. The molecule has 0 saturated carbocycles. The molecule has 1 aliphatic rings. The number of aromatic amines is 1. The fourth-order valence-corrected chi connectivity index (χ4v) is 2.42. The number of fused-ring (bicyclic) bond motifs is 1. The highest BCUT2D eigenvalue weighted by molar-refractivity contribution is 5.43. The van der Waals surface area contributed by atoms with Gasteiger partial charge < -0.3 is 14.6 Å². The number of para-hydroxylation sites is 1. The third kappa shape index (κ3) is 2.91. The van der Waals surface area contributed by atoms with Gasteiger partial charge in [0.15, 0.2) is 0 Å². The number of hydrogen-bond acceptors (Lipinski definition) is 4. The van der Waals surface area contributed by atoms with Gasteiger partial charge in [0.05, 0.1) is 6.54 Å². The second kappa shape index (κ2) is 5.60. The number of H-pyrrole nitrogens is 1. The molecule has 21 heavy (non-hydrogen) atoms. The zero-order chi connectivity index (χ0) is 14.8. The van der Waals surface area contributed by atoms with Gasteiger partial charge >= 0.3 is 0 Å². The number of nitrogens with one attached hydrogen (secondary N) is 1. The van der Waals surface area contributed by atoms with Crippen LogP contribution in [0.3, 0.4) is 0 Å². The fraction of sp³-hybridized carbons (Fsp3) is 0.375. The highest BCUT2D eigenvalue weighted by Crippen LogP contribution is 2.25. The minimum Gasteiger partial charge on any atom is -0.491 e. The van der Waals surface area contributed by atoms with E-state index in [9.17, 15) is 4.79 Å². The summed E-state index contributed by atoms with van der Waals surface area (Å²) >= 11 is 0. The molecule has 5 nitrogen and oxygen atoms in total. The molecule has 0 fully saturated rings. The van der Waals surface area contributed by atoms with Crippen LogP contribution in [0.25, 0.3) is 0 Å². The minimum atomic E-state index is -0.109. The first-order valence-electron chi connectivity index (χ1n) is 7.20. The smallest absolute Gasteiger partial charge is 0.252 e. The highest BCUT2D eigenvalue weighted by Gasteiger charge is 2.17. The van der Waals surface area contributed by atoms with Gasteiger partial charge in [0, 0.05) is 24.1 Å². The van der Waals surface area contributed by atoms with Gasteiger partial charge in [-0.05, 0) is 6.07 Å². The average Bonchev–Trinajstić information content (AvgIpc) is 2.68. The van der Waals surface area contributed by atoms with Crippen molar-refractivity contribution in [2.24, 2.45) is 0 Å². The van der Waals surface area contributed by atoms with Crippen LogP contribution in [0.2, 0.25) is 0 Å². The molecule has 1 aromatic heterocycles. The van der Waals surface area contributed by atoms with Crippen LogP contribution in [0.15, 0.2) is 35.1 Å². The number of aromatic nitrogens is 2. The van der Waals surface area contributed by atoms with Gasteiger partial charge in [-0.15, -0.1) is 0 Å². The van der Waals surface area contributed by atoms with Gasteiger partial charge in [-0.3, -0.25) is 4.79 Å². The second-order valence-corrected chi connectivity index (χ2v) is 5.52. The van der Waals surface area contributed by atoms with E-state index in [2.05, 4.69) is 14.9 Å². The van der Waals surface area contributed by atoms with Crippen molar-refractivity contribution in [2.75, 3.05) is 18.1 Å². The zero-order valence-electron chi connectivity index (χ0n) is 12.3. The van der Waals surface area contributed by atoms with Crippen molar-refractivity contribution in [1.29, 1.82) is 0 Å². The predicted octanol–water partition coefficient (Wildman–Crippen LogP) is 2.29. The Balaban J connectivity index is 1.96. The maximum absolute atomic E-state index is 11.8. The molecule has 110 valence electrons. The topological polar surface area (TPSA) is 58.2 Å². The van der Waals surface area contributed by atoms with Crippen molar-refractivity contribution in [3.8, 4) is 5.75 Å². The lowest BCUT2D eigenvalue weighted by molar-refractivity contribution is 0.331. The Hall–Kier alpha value is -2.30. The largest absolute Gasteiger partial charge is 0.491 e. The Bertz CT molecular complexity index is 694. The van der Waals surface area contributed by atoms with Crippen LogP contribution in [0.1, 0.15) is 31.2 Å². The van der Waals surface area contributed by atoms with E-state index in [1.165, 1.54) is 0 Å². The molecule has 1 N–H and O–H groups in total. The van der Waals surface area contributed by atoms with Gasteiger partial charge in [-0.2, -0.15) is 0 Å². The third-order valence-corrected chi connectivity index (χ3v) is 3.57. The maximum Gasteiger partial charge on any atom is 0.252 e. The molecule has 1 aromatic carbocycles. The molecular weight excluding hydrogens is 266 g/mol. The van der Waals surface area contributed by atoms with Crippen molar-refractivity contribution in [2.45, 2.75) is 26.3 Å². The first-order chi connectivity index (χ1) is 10.1. The van der Waals surface area contributed by atoms with Crippen molar-refractivity contribution >= 4 is 5.82 Å². The van der Waals surface area contributed by atoms with Gasteiger partial charge in [0.25, 0.3) is 5.56 Å². The molecule has 0 amide bonds. The molecule has 5 heteroatoms. The van der Waals surface area contributed by atoms with E-state index in [0.717, 1.165) is 17.1 Å². The van der Waals surface area contributed by atoms with Crippen molar-refractivity contribution in [3.05, 3.63) is 52.1 Å². The second-order valence-electron chi connectivity index (χ2n) is 5.52. The summed E-state index contributed by atoms with van der Waals surface area (Å²) in [4.78, 5) is 21.3. The van der Waals surface area contributed by atoms with E-state index < -0.39 is 0 Å². The van der Waals surface area contributed by atoms with Gasteiger partial charge in [0.1, 0.15) is 24.0 Å². The lowest BCUT2D eigenvalue weighted by Gasteiger charge is -2.21. The van der Waals surface area contributed by atoms with Crippen molar-refractivity contribution < 1.29 is 4.74 Å². The Kier molecular flexibility index (Phi) is 3.64. The van der Waals surface area contributed by atoms with E-state index in [1.807, 2.05) is 38.1 Å². The number of rotatable bonds is 2. The molecule has 1 aliphatic heterocycles. The average molecular weight is 285 g/mol. The Labute approximate surface area is 123 Å². The van der Waals surface area contributed by atoms with E-state index in [1.54, 1.807) is 6.07 Å². The van der Waals surface area contributed by atoms with Crippen LogP contribution in [-0.2, 0) is 6.54 Å². The number of ether oxygens (including phenoxy) is 1. The molecule has 0 bridgehead atoms. The molecule has 0 aliphatic carbocycles. The summed E-state index contributed by atoms with van der Waals surface area (Å²) in [6.45, 7) is 6.03. The van der Waals surface area contributed by atoms with Crippen molar-refractivity contribution in [3.63, 3.8) is 0 Å². The molecule has 2 aromatic rings. The Morgan fingerprint density at radius 3 is 2.95 bits per heavy atom. The predicted molar refractivity (Wildman–Crippen MR) is 81.9 cm³/mol. The zero-order valence-corrected chi connectivity index (χ0v) is 12.3. The summed E-state index contributed by atoms with van der Waals surface area (Å²) in [5, 5.41) is 0. The molecule has 0 unspecified atom stereocenters. The minimum absolute atomic E-state index is 0.109. The van der Waals surface area contributed by atoms with Crippen LogP contribution >= 0.6 is 0 Å². The maximum atomic E-state index is 11.8. The monoisotopic (exact) mass is 285 g/mol. The van der Waals surface area contributed by atoms with E-state index >= 15 is 0 Å². The summed E-state index contributed by atoms with van der Waals surface area (Å²) in [5.41, 5.74) is 1.00. The summed E-state index contributed by atoms with van der Waals surface area (Å²) in [6.07, 6.45) is 0. The Morgan fingerprint density at radius 1 is 1.33 bits per heavy atom. The molecule has 0 atom stereocenters. The number of nitrogens with zero attached hydrogens (tertiary/aromatic N) is 2. The first-order valence-corrected chi connectivity index (χ1v) is 7.20. The van der Waals surface area contributed by atoms with Gasteiger partial charge in [-0.1, -0.05) is 32.0 Å². The fourth-order valence-electron chi connectivity index (χ4n) is 2.42. The molecule has 0 radical (unpaired) electrons. The molecular formula is C16H19N3O2. The van der Waals surface area contributed by atoms with E-state index in [4.69, 9.17) is 4.74 Å². The Morgan fingerprint density at radius 2 is 2.14 bits per heavy atom. The van der Waals surface area contributed by atoms with Crippen LogP contribution in [-0.4, -0.2) is 23.1 Å². The molecule has 2 heterocycles. The molecule has 3 rings (SSSR count). The van der Waals surface area contributed by atoms with E-state index in [-0.39, 0.29) is 11.5 Å². The van der Waals surface area contributed by atoms with Crippen LogP contribution < -0.4 is 15.2 Å². The van der Waals surface area contributed by atoms with Crippen LogP contribution in [0.4, 0.5) is 5.82 Å². The van der Waals surface area contributed by atoms with E-state index in [0.29, 0.717) is 25.5 Å². The number of anilines is 1. The van der Waals surface area contributed by atoms with Crippen LogP contribution in [0.5, 0.6) is 5.75 Å². The van der Waals surface area contributed by atoms with Gasteiger partial charge in [-0.25, -0.2) is 4.98 Å². The normalized spacial score (nSPS) is 14.5. The van der Waals surface area contributed by atoms with Crippen molar-refractivity contribution in [1.82, 2.24) is 9.97 Å². The molecule has 0 saturated heterocycles. The van der Waals surface area contributed by atoms with Crippen LogP contribution in [0, 0.1) is 0 Å². The standard InChI is InChI=1S/C16H19N3O2/c1-11(2)16-17-14(9-15(20)18-16)19-7-8-21-13-6-4-3-5-12(13)10-19/h3-6,9,11H,7-8,10H2,1-2H3,(H,17,18,20). The first kappa shape index (κ1) is 13.7. The quantitative estimate of drug-likeness (QED) is 0.919. The lowest BCUT2D eigenvalue weighted by Crippen LogP contribution is -2.28. The summed E-state index contributed by atoms with van der Waals surface area (Å²) in [5.74, 6) is 2.53. The SMILES string of the molecule is CC(C)c1nc(N2CCOc3ccccc3C2)cc(=O)[nH]1. The number of benzene rings is 1. The van der Waals surface area contributed by atoms with Gasteiger partial charge in [0.2, 0.25) is 0 Å². The summed E-state index contributed by atoms with van der Waals surface area (Å²) in [6, 6.07) is 9.54.